The van der Waals surface area contributed by atoms with Gasteiger partial charge in [0.1, 0.15) is 0 Å². The number of rotatable bonds is 1. The van der Waals surface area contributed by atoms with Crippen molar-refractivity contribution in [3.8, 4) is 0 Å². The second-order valence-corrected chi connectivity index (χ2v) is 9.61. The van der Waals surface area contributed by atoms with Crippen molar-refractivity contribution in [1.29, 1.82) is 0 Å². The zero-order chi connectivity index (χ0) is 7.52. The van der Waals surface area contributed by atoms with E-state index >= 15 is 0 Å². The van der Waals surface area contributed by atoms with Crippen LogP contribution in [0.25, 0.3) is 0 Å². The van der Waals surface area contributed by atoms with Gasteiger partial charge in [0.15, 0.2) is 0 Å². The molecule has 0 heterocycles. The zero-order valence-corrected chi connectivity index (χ0v) is 10.8. The predicted molar refractivity (Wildman–Crippen MR) is 51.1 cm³/mol. The first-order valence-corrected chi connectivity index (χ1v) is 8.70. The molecule has 0 saturated carbocycles. The van der Waals surface area contributed by atoms with Crippen LogP contribution in [0, 0.1) is 0 Å². The van der Waals surface area contributed by atoms with Crippen LogP contribution in [-0.2, 0) is 0 Å². The first-order valence-electron chi connectivity index (χ1n) is 3.87. The van der Waals surface area contributed by atoms with Crippen LogP contribution < -0.4 is 0 Å². The van der Waals surface area contributed by atoms with Crippen molar-refractivity contribution in [2.75, 3.05) is 0 Å². The van der Waals surface area contributed by atoms with Gasteiger partial charge in [-0.15, -0.1) is 0 Å². The van der Waals surface area contributed by atoms with Gasteiger partial charge in [0, 0.05) is 0 Å². The molecule has 0 aliphatic heterocycles. The van der Waals surface area contributed by atoms with E-state index in [1.54, 1.807) is 3.06 Å². The molecule has 0 unspecified atom stereocenters. The molecule has 0 aromatic heterocycles. The summed E-state index contributed by atoms with van der Waals surface area (Å²) in [5.74, 6) is 0. The van der Waals surface area contributed by atoms with Gasteiger partial charge in [-0.1, -0.05) is 0 Å². The third-order valence-electron chi connectivity index (χ3n) is 1.85. The van der Waals surface area contributed by atoms with Crippen molar-refractivity contribution >= 4 is 26.8 Å². The summed E-state index contributed by atoms with van der Waals surface area (Å²) in [7, 11) is 0. The second-order valence-electron chi connectivity index (χ2n) is 2.73. The van der Waals surface area contributed by atoms with Gasteiger partial charge in [0.25, 0.3) is 0 Å². The average molecular weight is 334 g/mol. The van der Waals surface area contributed by atoms with Gasteiger partial charge >= 0.3 is 78.9 Å². The van der Waals surface area contributed by atoms with E-state index in [4.69, 9.17) is 0 Å². The SMILES string of the molecule is C1=C[C](=[Tl][CH]2C=CC=C2)C=C1. The Balaban J connectivity index is 2.14. The molecule has 52 valence electrons. The van der Waals surface area contributed by atoms with Crippen LogP contribution in [-0.4, -0.2) is 26.8 Å². The van der Waals surface area contributed by atoms with Crippen molar-refractivity contribution < 1.29 is 0 Å². The fraction of sp³-hybridized carbons (Fsp3) is 0.100. The summed E-state index contributed by atoms with van der Waals surface area (Å²) in [6, 6.07) is 0. The molecule has 11 heavy (non-hydrogen) atoms. The summed E-state index contributed by atoms with van der Waals surface area (Å²) in [5, 5.41) is 0. The van der Waals surface area contributed by atoms with Gasteiger partial charge in [0.05, 0.1) is 0 Å². The molecule has 0 aromatic carbocycles. The Morgan fingerprint density at radius 2 is 1.55 bits per heavy atom. The molecule has 0 aromatic rings. The topological polar surface area (TPSA) is 0 Å². The number of hydrogen-bond donors (Lipinski definition) is 0. The van der Waals surface area contributed by atoms with E-state index in [1.165, 1.54) is 0 Å². The summed E-state index contributed by atoms with van der Waals surface area (Å²) in [4.78, 5) is 0. The standard InChI is InChI=1S/C5H5.C5H4.Tl/c2*1-2-4-5-3-1;/h1-5H;1-4H;. The van der Waals surface area contributed by atoms with Crippen LogP contribution in [0.15, 0.2) is 48.6 Å². The Morgan fingerprint density at radius 1 is 0.909 bits per heavy atom. The van der Waals surface area contributed by atoms with E-state index in [9.17, 15) is 0 Å². The van der Waals surface area contributed by atoms with Crippen LogP contribution in [0.5, 0.6) is 0 Å². The minimum atomic E-state index is -0.676. The van der Waals surface area contributed by atoms with Crippen LogP contribution in [0.1, 0.15) is 0 Å². The molecular weight excluding hydrogens is 324 g/mol. The van der Waals surface area contributed by atoms with Crippen LogP contribution in [0.4, 0.5) is 0 Å². The molecule has 2 rings (SSSR count). The predicted octanol–water partition coefficient (Wildman–Crippen LogP) is 1.90. The first kappa shape index (κ1) is 7.40. The van der Waals surface area contributed by atoms with E-state index in [1.807, 2.05) is 0 Å². The molecule has 0 fully saturated rings. The van der Waals surface area contributed by atoms with E-state index in [-0.39, 0.29) is 0 Å². The van der Waals surface area contributed by atoms with Crippen LogP contribution in [0.2, 0.25) is 3.48 Å². The van der Waals surface area contributed by atoms with Gasteiger partial charge in [-0.3, -0.25) is 0 Å². The zero-order valence-electron chi connectivity index (χ0n) is 6.27. The fourth-order valence-electron chi connectivity index (χ4n) is 1.28. The number of allylic oxidation sites excluding steroid dienone is 8. The molecule has 0 spiro atoms. The Kier molecular flexibility index (Phi) is 2.31. The van der Waals surface area contributed by atoms with E-state index in [2.05, 4.69) is 48.6 Å². The van der Waals surface area contributed by atoms with Crippen LogP contribution >= 0.6 is 0 Å². The first-order chi connectivity index (χ1) is 5.45. The molecule has 0 nitrogen and oxygen atoms in total. The molecule has 0 N–H and O–H groups in total. The van der Waals surface area contributed by atoms with E-state index in [0.29, 0.717) is 0 Å². The molecule has 0 bridgehead atoms. The average Bonchev–Trinajstić information content (AvgIpc) is 2.60. The Labute approximate surface area is 78.7 Å². The van der Waals surface area contributed by atoms with Crippen molar-refractivity contribution in [3.63, 3.8) is 0 Å². The Bertz CT molecular complexity index is 264. The normalized spacial score (nSPS) is 20.2. The molecule has 2 aliphatic rings. The van der Waals surface area contributed by atoms with Crippen LogP contribution in [0.3, 0.4) is 0 Å². The fourth-order valence-corrected chi connectivity index (χ4v) is 6.60. The summed E-state index contributed by atoms with van der Waals surface area (Å²) in [5.41, 5.74) is 0. The molecule has 0 saturated heterocycles. The van der Waals surface area contributed by atoms with Gasteiger partial charge < -0.3 is 0 Å². The Hall–Kier alpha value is -0.248. The molecule has 0 atom stereocenters. The molecular formula is C10H9Tl. The molecule has 1 heteroatoms. The van der Waals surface area contributed by atoms with Crippen molar-refractivity contribution in [3.05, 3.63) is 48.6 Å². The third kappa shape index (κ3) is 1.86. The maximum absolute atomic E-state index is 2.34. The van der Waals surface area contributed by atoms with Crippen molar-refractivity contribution in [2.45, 2.75) is 3.48 Å². The molecule has 2 aliphatic carbocycles. The van der Waals surface area contributed by atoms with Gasteiger partial charge in [-0.2, -0.15) is 0 Å². The minimum absolute atomic E-state index is 0.676. The van der Waals surface area contributed by atoms with E-state index in [0.717, 1.165) is 3.48 Å². The van der Waals surface area contributed by atoms with Crippen molar-refractivity contribution in [2.24, 2.45) is 0 Å². The van der Waals surface area contributed by atoms with Gasteiger partial charge in [-0.05, 0) is 0 Å². The second kappa shape index (κ2) is 3.43. The van der Waals surface area contributed by atoms with Gasteiger partial charge in [-0.25, -0.2) is 0 Å². The monoisotopic (exact) mass is 334 g/mol. The third-order valence-corrected chi connectivity index (χ3v) is 8.07. The summed E-state index contributed by atoms with van der Waals surface area (Å²) >= 11 is -0.676. The summed E-state index contributed by atoms with van der Waals surface area (Å²) < 4.78 is 2.49. The van der Waals surface area contributed by atoms with Gasteiger partial charge in [0.2, 0.25) is 0 Å². The maximum atomic E-state index is 2.34. The van der Waals surface area contributed by atoms with Crippen molar-refractivity contribution in [1.82, 2.24) is 0 Å². The quantitative estimate of drug-likeness (QED) is 0.643. The number of hydrogen-bond acceptors (Lipinski definition) is 0. The summed E-state index contributed by atoms with van der Waals surface area (Å²) in [6.07, 6.45) is 17.9. The Morgan fingerprint density at radius 3 is 2.18 bits per heavy atom. The van der Waals surface area contributed by atoms with E-state index < -0.39 is 23.7 Å². The molecule has 0 radical (unpaired) electrons. The summed E-state index contributed by atoms with van der Waals surface area (Å²) in [6.45, 7) is 0. The molecule has 0 amide bonds.